The van der Waals surface area contributed by atoms with Gasteiger partial charge in [0, 0.05) is 50.7 Å². The van der Waals surface area contributed by atoms with Crippen LogP contribution in [0.1, 0.15) is 17.5 Å². The molecule has 3 saturated heterocycles. The Morgan fingerprint density at radius 1 is 1.09 bits per heavy atom. The summed E-state index contributed by atoms with van der Waals surface area (Å²) in [6.45, 7) is 5.87. The summed E-state index contributed by atoms with van der Waals surface area (Å²) in [6, 6.07) is 5.35. The van der Waals surface area contributed by atoms with Gasteiger partial charge in [0.05, 0.1) is 37.0 Å². The molecule has 3 N–H and O–H groups in total. The van der Waals surface area contributed by atoms with E-state index in [1.54, 1.807) is 6.07 Å². The molecule has 1 unspecified atom stereocenters. The number of anilines is 4. The molecule has 9 nitrogen and oxygen atoms in total. The zero-order chi connectivity index (χ0) is 24.4. The van der Waals surface area contributed by atoms with E-state index in [9.17, 15) is 13.2 Å². The van der Waals surface area contributed by atoms with Crippen LogP contribution in [0.2, 0.25) is 0 Å². The molecule has 0 saturated carbocycles. The van der Waals surface area contributed by atoms with Crippen molar-refractivity contribution < 1.29 is 22.6 Å². The number of hydrogen-bond donors (Lipinski definition) is 3. The number of alkyl halides is 3. The predicted molar refractivity (Wildman–Crippen MR) is 126 cm³/mol. The van der Waals surface area contributed by atoms with E-state index in [0.29, 0.717) is 36.6 Å². The molecule has 188 valence electrons. The predicted octanol–water partition coefficient (Wildman–Crippen LogP) is 2.96. The Morgan fingerprint density at radius 3 is 2.57 bits per heavy atom. The molecule has 3 aliphatic heterocycles. The Hall–Kier alpha value is -2.96. The fourth-order valence-electron chi connectivity index (χ4n) is 4.53. The van der Waals surface area contributed by atoms with Crippen molar-refractivity contribution >= 4 is 29.5 Å². The summed E-state index contributed by atoms with van der Waals surface area (Å²) in [5.41, 5.74) is -0.0979. The largest absolute Gasteiger partial charge is 0.416 e. The van der Waals surface area contributed by atoms with Gasteiger partial charge < -0.3 is 30.4 Å². The van der Waals surface area contributed by atoms with Gasteiger partial charge in [-0.3, -0.25) is 4.90 Å². The number of nitrogens with one attached hydrogen (secondary N) is 3. The van der Waals surface area contributed by atoms with Gasteiger partial charge in [-0.25, -0.2) is 0 Å². The summed E-state index contributed by atoms with van der Waals surface area (Å²) in [4.78, 5) is 13.7. The van der Waals surface area contributed by atoms with Crippen molar-refractivity contribution in [2.45, 2.75) is 24.7 Å². The molecule has 0 aliphatic carbocycles. The molecule has 1 aromatic carbocycles. The highest BCUT2D eigenvalue weighted by Crippen LogP contribution is 2.34. The van der Waals surface area contributed by atoms with Crippen molar-refractivity contribution in [3.63, 3.8) is 0 Å². The van der Waals surface area contributed by atoms with Crippen LogP contribution in [0, 0.1) is 5.41 Å². The van der Waals surface area contributed by atoms with Gasteiger partial charge in [0.25, 0.3) is 0 Å². The third-order valence-corrected chi connectivity index (χ3v) is 6.51. The average molecular weight is 492 g/mol. The van der Waals surface area contributed by atoms with Gasteiger partial charge in [-0.1, -0.05) is 6.07 Å². The number of hydrogen-bond acceptors (Lipinski definition) is 9. The lowest BCUT2D eigenvalue weighted by molar-refractivity contribution is -0.137. The first kappa shape index (κ1) is 23.8. The maximum atomic E-state index is 13.2. The minimum absolute atomic E-state index is 0.0487. The molecule has 3 aliphatic rings. The summed E-state index contributed by atoms with van der Waals surface area (Å²) < 4.78 is 50.6. The third kappa shape index (κ3) is 5.34. The summed E-state index contributed by atoms with van der Waals surface area (Å²) in [7, 11) is 0. The zero-order valence-electron chi connectivity index (χ0n) is 19.1. The summed E-state index contributed by atoms with van der Waals surface area (Å²) in [5, 5.41) is 14.3. The standard InChI is InChI=1S/C23H28F3N7O2/c24-23(25,26)15-2-1-3-16(10-15)28-20-19(11-27)21(31-22(30-20)29-17-4-7-35-14-17)33-12-18(13-33)32-5-8-34-9-6-32/h1-3,10-11,17-18,27H,4-9,12-14H2,(H2,28,29,30,31). The molecule has 4 heterocycles. The number of morpholine rings is 1. The molecule has 1 aromatic heterocycles. The molecule has 3 fully saturated rings. The van der Waals surface area contributed by atoms with Gasteiger partial charge in [0.2, 0.25) is 5.95 Å². The Morgan fingerprint density at radius 2 is 1.89 bits per heavy atom. The van der Waals surface area contributed by atoms with E-state index in [4.69, 9.17) is 19.9 Å². The minimum atomic E-state index is -4.46. The van der Waals surface area contributed by atoms with Crippen LogP contribution in [0.25, 0.3) is 0 Å². The first-order chi connectivity index (χ1) is 16.9. The van der Waals surface area contributed by atoms with E-state index in [1.807, 2.05) is 0 Å². The van der Waals surface area contributed by atoms with E-state index >= 15 is 0 Å². The van der Waals surface area contributed by atoms with Crippen molar-refractivity contribution in [2.75, 3.05) is 68.1 Å². The van der Waals surface area contributed by atoms with Crippen molar-refractivity contribution in [3.8, 4) is 0 Å². The SMILES string of the molecule is N=Cc1c(Nc2cccc(C(F)(F)F)c2)nc(NC2CCOC2)nc1N1CC(N2CCOCC2)C1. The van der Waals surface area contributed by atoms with Gasteiger partial charge in [0.1, 0.15) is 11.6 Å². The van der Waals surface area contributed by atoms with Crippen molar-refractivity contribution in [1.29, 1.82) is 5.41 Å². The molecular formula is C23H28F3N7O2. The molecule has 35 heavy (non-hydrogen) atoms. The van der Waals surface area contributed by atoms with Gasteiger partial charge in [-0.05, 0) is 24.6 Å². The first-order valence-electron chi connectivity index (χ1n) is 11.7. The van der Waals surface area contributed by atoms with Crippen LogP contribution in [-0.2, 0) is 15.7 Å². The maximum Gasteiger partial charge on any atom is 0.416 e. The van der Waals surface area contributed by atoms with Crippen LogP contribution < -0.4 is 15.5 Å². The number of ether oxygens (including phenoxy) is 2. The van der Waals surface area contributed by atoms with Crippen molar-refractivity contribution in [2.24, 2.45) is 0 Å². The highest BCUT2D eigenvalue weighted by Gasteiger charge is 2.35. The monoisotopic (exact) mass is 491 g/mol. The first-order valence-corrected chi connectivity index (χ1v) is 11.7. The fraction of sp³-hybridized carbons (Fsp3) is 0.522. The average Bonchev–Trinajstić information content (AvgIpc) is 3.32. The topological polar surface area (TPSA) is 98.6 Å². The molecule has 12 heteroatoms. The van der Waals surface area contributed by atoms with E-state index in [0.717, 1.165) is 64.2 Å². The molecule has 1 atom stereocenters. The number of rotatable bonds is 7. The van der Waals surface area contributed by atoms with E-state index in [2.05, 4.69) is 25.4 Å². The van der Waals surface area contributed by atoms with Gasteiger partial charge in [0.15, 0.2) is 0 Å². The Labute approximate surface area is 201 Å². The lowest BCUT2D eigenvalue weighted by Crippen LogP contribution is -2.62. The van der Waals surface area contributed by atoms with Crippen LogP contribution in [-0.4, -0.2) is 85.8 Å². The van der Waals surface area contributed by atoms with E-state index < -0.39 is 11.7 Å². The van der Waals surface area contributed by atoms with E-state index in [1.165, 1.54) is 6.07 Å². The molecule has 2 aromatic rings. The molecule has 5 rings (SSSR count). The highest BCUT2D eigenvalue weighted by atomic mass is 19.4. The van der Waals surface area contributed by atoms with Crippen molar-refractivity contribution in [3.05, 3.63) is 35.4 Å². The van der Waals surface area contributed by atoms with Crippen LogP contribution in [0.3, 0.4) is 0 Å². The summed E-state index contributed by atoms with van der Waals surface area (Å²) >= 11 is 0. The van der Waals surface area contributed by atoms with Gasteiger partial charge >= 0.3 is 6.18 Å². The maximum absolute atomic E-state index is 13.2. The molecule has 0 spiro atoms. The molecular weight excluding hydrogens is 463 g/mol. The van der Waals surface area contributed by atoms with Crippen molar-refractivity contribution in [1.82, 2.24) is 14.9 Å². The normalized spacial score (nSPS) is 21.6. The molecule has 0 radical (unpaired) electrons. The number of nitrogens with zero attached hydrogens (tertiary/aromatic N) is 4. The Bertz CT molecular complexity index is 1050. The van der Waals surface area contributed by atoms with Gasteiger partial charge in [-0.15, -0.1) is 0 Å². The van der Waals surface area contributed by atoms with Crippen LogP contribution in [0.5, 0.6) is 0 Å². The van der Waals surface area contributed by atoms with E-state index in [-0.39, 0.29) is 17.5 Å². The van der Waals surface area contributed by atoms with Crippen LogP contribution in [0.4, 0.5) is 36.4 Å². The number of aromatic nitrogens is 2. The van der Waals surface area contributed by atoms with Crippen LogP contribution >= 0.6 is 0 Å². The van der Waals surface area contributed by atoms with Gasteiger partial charge in [-0.2, -0.15) is 23.1 Å². The minimum Gasteiger partial charge on any atom is -0.379 e. The second kappa shape index (κ2) is 9.96. The highest BCUT2D eigenvalue weighted by molar-refractivity contribution is 5.93. The second-order valence-electron chi connectivity index (χ2n) is 8.89. The zero-order valence-corrected chi connectivity index (χ0v) is 19.1. The Kier molecular flexibility index (Phi) is 6.76. The number of halogens is 3. The molecule has 0 bridgehead atoms. The van der Waals surface area contributed by atoms with Crippen LogP contribution in [0.15, 0.2) is 24.3 Å². The second-order valence-corrected chi connectivity index (χ2v) is 8.89. The summed E-state index contributed by atoms with van der Waals surface area (Å²) in [6.07, 6.45) is -2.50. The third-order valence-electron chi connectivity index (χ3n) is 6.51. The Balaban J connectivity index is 1.43. The fourth-order valence-corrected chi connectivity index (χ4v) is 4.53. The smallest absolute Gasteiger partial charge is 0.379 e. The molecule has 0 amide bonds. The number of benzene rings is 1. The lowest BCUT2D eigenvalue weighted by Gasteiger charge is -2.47. The summed E-state index contributed by atoms with van der Waals surface area (Å²) in [5.74, 6) is 1.21. The lowest BCUT2D eigenvalue weighted by atomic mass is 10.1. The quantitative estimate of drug-likeness (QED) is 0.509.